The lowest BCUT2D eigenvalue weighted by molar-refractivity contribution is -0.130. The molecule has 1 N–H and O–H groups in total. The lowest BCUT2D eigenvalue weighted by Gasteiger charge is -2.22. The van der Waals surface area contributed by atoms with Gasteiger partial charge in [0.05, 0.1) is 24.2 Å². The first kappa shape index (κ1) is 21.0. The van der Waals surface area contributed by atoms with Gasteiger partial charge in [-0.2, -0.15) is 0 Å². The fourth-order valence-corrected chi connectivity index (χ4v) is 3.34. The molecule has 1 aliphatic rings. The van der Waals surface area contributed by atoms with Crippen LogP contribution in [0.5, 0.6) is 0 Å². The topological polar surface area (TPSA) is 66.8 Å². The van der Waals surface area contributed by atoms with Gasteiger partial charge in [-0.1, -0.05) is 38.3 Å². The molecule has 0 saturated carbocycles. The first-order valence-corrected chi connectivity index (χ1v) is 9.91. The summed E-state index contributed by atoms with van der Waals surface area (Å²) >= 11 is 1.17. The molecule has 0 spiro atoms. The molecule has 1 aliphatic heterocycles. The van der Waals surface area contributed by atoms with Crippen molar-refractivity contribution in [3.8, 4) is 0 Å². The highest BCUT2D eigenvalue weighted by Gasteiger charge is 2.28. The van der Waals surface area contributed by atoms with Gasteiger partial charge < -0.3 is 14.2 Å². The minimum absolute atomic E-state index is 0.111. The van der Waals surface area contributed by atoms with Crippen LogP contribution in [0.1, 0.15) is 65.2 Å². The molecule has 1 amide bonds. The Morgan fingerprint density at radius 3 is 2.92 bits per heavy atom. The number of aliphatic hydroxyl groups excluding tert-OH is 1. The third kappa shape index (κ3) is 8.73. The van der Waals surface area contributed by atoms with Crippen LogP contribution >= 0.6 is 12.0 Å². The molecule has 5 nitrogen and oxygen atoms in total. The lowest BCUT2D eigenvalue weighted by atomic mass is 10.1. The van der Waals surface area contributed by atoms with E-state index in [0.29, 0.717) is 6.42 Å². The molecule has 0 aromatic carbocycles. The van der Waals surface area contributed by atoms with Gasteiger partial charge in [-0.3, -0.25) is 9.59 Å². The average Bonchev–Trinajstić information content (AvgIpc) is 2.89. The summed E-state index contributed by atoms with van der Waals surface area (Å²) in [4.78, 5) is 24.6. The summed E-state index contributed by atoms with van der Waals surface area (Å²) in [6.07, 6.45) is 10.8. The Hall–Kier alpha value is -1.01. The predicted octanol–water partition coefficient (Wildman–Crippen LogP) is 3.47. The second-order valence-electron chi connectivity index (χ2n) is 6.25. The number of aliphatic hydroxyl groups is 1. The van der Waals surface area contributed by atoms with Crippen LogP contribution < -0.4 is 0 Å². The maximum absolute atomic E-state index is 12.0. The van der Waals surface area contributed by atoms with Crippen molar-refractivity contribution in [1.29, 1.82) is 0 Å². The molecular formula is C18H31NO4S. The number of rotatable bonds is 12. The zero-order valence-electron chi connectivity index (χ0n) is 14.9. The van der Waals surface area contributed by atoms with Crippen molar-refractivity contribution in [2.75, 3.05) is 12.3 Å². The van der Waals surface area contributed by atoms with Crippen molar-refractivity contribution in [1.82, 2.24) is 4.90 Å². The number of hydrogen-bond acceptors (Lipinski definition) is 5. The summed E-state index contributed by atoms with van der Waals surface area (Å²) in [6.45, 7) is 4.26. The molecule has 0 aliphatic carbocycles. The number of carbonyl (C=O) groups excluding carboxylic acids is 2. The Morgan fingerprint density at radius 2 is 2.21 bits per heavy atom. The number of hydrogen-bond donors (Lipinski definition) is 1. The third-order valence-electron chi connectivity index (χ3n) is 4.09. The van der Waals surface area contributed by atoms with Gasteiger partial charge in [0.15, 0.2) is 0 Å². The van der Waals surface area contributed by atoms with Gasteiger partial charge in [0.2, 0.25) is 5.91 Å². The van der Waals surface area contributed by atoms with Crippen LogP contribution in [0.3, 0.4) is 0 Å². The molecule has 1 fully saturated rings. The Bertz CT molecular complexity index is 414. The molecule has 0 aromatic rings. The lowest BCUT2D eigenvalue weighted by Crippen LogP contribution is -2.32. The van der Waals surface area contributed by atoms with Gasteiger partial charge in [0.1, 0.15) is 0 Å². The van der Waals surface area contributed by atoms with E-state index < -0.39 is 6.10 Å². The van der Waals surface area contributed by atoms with Crippen LogP contribution in [-0.2, 0) is 13.8 Å². The summed E-state index contributed by atoms with van der Waals surface area (Å²) in [7, 11) is 0. The van der Waals surface area contributed by atoms with Gasteiger partial charge in [-0.25, -0.2) is 0 Å². The predicted molar refractivity (Wildman–Crippen MR) is 97.5 cm³/mol. The summed E-state index contributed by atoms with van der Waals surface area (Å²) in [5.74, 6) is 0.660. The highest BCUT2D eigenvalue weighted by atomic mass is 32.2. The smallest absolute Gasteiger partial charge is 0.314 e. The zero-order valence-corrected chi connectivity index (χ0v) is 15.7. The van der Waals surface area contributed by atoms with Crippen molar-refractivity contribution < 1.29 is 18.9 Å². The van der Waals surface area contributed by atoms with Crippen LogP contribution in [0.2, 0.25) is 0 Å². The van der Waals surface area contributed by atoms with E-state index >= 15 is 0 Å². The number of carbonyl (C=O) groups is 2. The Kier molecular flexibility index (Phi) is 10.8. The van der Waals surface area contributed by atoms with Crippen LogP contribution in [0.4, 0.5) is 0 Å². The molecular weight excluding hydrogens is 326 g/mol. The van der Waals surface area contributed by atoms with E-state index in [0.717, 1.165) is 57.2 Å². The summed E-state index contributed by atoms with van der Waals surface area (Å²) in [5.41, 5.74) is 0. The summed E-state index contributed by atoms with van der Waals surface area (Å²) < 4.78 is 4.82. The fraction of sp³-hybridized carbons (Fsp3) is 0.778. The van der Waals surface area contributed by atoms with E-state index in [4.69, 9.17) is 4.18 Å². The van der Waals surface area contributed by atoms with E-state index in [1.54, 1.807) is 0 Å². The molecule has 24 heavy (non-hydrogen) atoms. The molecule has 1 heterocycles. The van der Waals surface area contributed by atoms with Gasteiger partial charge in [-0.15, -0.1) is 0 Å². The molecule has 1 unspecified atom stereocenters. The van der Waals surface area contributed by atoms with Gasteiger partial charge in [0.25, 0.3) is 0 Å². The fourth-order valence-electron chi connectivity index (χ4n) is 2.77. The molecule has 0 aromatic heterocycles. The molecule has 0 radical (unpaired) electrons. The highest BCUT2D eigenvalue weighted by Crippen LogP contribution is 2.21. The highest BCUT2D eigenvalue weighted by molar-refractivity contribution is 7.95. The number of likely N-dealkylation sites (tertiary alicyclic amines) is 1. The monoisotopic (exact) mass is 357 g/mol. The number of nitrogens with zero attached hydrogens (tertiary/aromatic N) is 1. The normalized spacial score (nSPS) is 19.2. The van der Waals surface area contributed by atoms with Crippen molar-refractivity contribution in [3.05, 3.63) is 12.2 Å². The van der Waals surface area contributed by atoms with Gasteiger partial charge >= 0.3 is 5.97 Å². The van der Waals surface area contributed by atoms with Crippen LogP contribution in [-0.4, -0.2) is 46.3 Å². The molecule has 2 atom stereocenters. The van der Waals surface area contributed by atoms with E-state index in [1.165, 1.54) is 19.0 Å². The maximum atomic E-state index is 12.0. The SMILES string of the molecule is CCCCCC(O)/C=C/[C@H]1CCC(=O)N1CCCCSOC(C)=O. The summed E-state index contributed by atoms with van der Waals surface area (Å²) in [5, 5.41) is 9.97. The Balaban J connectivity index is 2.28. The number of amides is 1. The van der Waals surface area contributed by atoms with E-state index in [1.807, 2.05) is 17.1 Å². The van der Waals surface area contributed by atoms with Crippen molar-refractivity contribution in [2.24, 2.45) is 0 Å². The molecule has 138 valence electrons. The van der Waals surface area contributed by atoms with Gasteiger partial charge in [0, 0.05) is 25.6 Å². The van der Waals surface area contributed by atoms with Gasteiger partial charge in [-0.05, 0) is 25.7 Å². The van der Waals surface area contributed by atoms with Crippen molar-refractivity contribution in [3.63, 3.8) is 0 Å². The average molecular weight is 358 g/mol. The Labute approximate surface area is 150 Å². The minimum Gasteiger partial charge on any atom is -0.392 e. The van der Waals surface area contributed by atoms with Crippen molar-refractivity contribution >= 4 is 23.9 Å². The van der Waals surface area contributed by atoms with E-state index in [9.17, 15) is 14.7 Å². The molecule has 0 bridgehead atoms. The molecule has 1 rings (SSSR count). The summed E-state index contributed by atoms with van der Waals surface area (Å²) in [6, 6.07) is 0.111. The van der Waals surface area contributed by atoms with E-state index in [-0.39, 0.29) is 17.9 Å². The van der Waals surface area contributed by atoms with Crippen LogP contribution in [0.15, 0.2) is 12.2 Å². The minimum atomic E-state index is -0.408. The standard InChI is InChI=1S/C18H31NO4S/c1-3-4-5-8-17(21)11-9-16-10-12-18(22)19(16)13-6-7-14-24-23-15(2)20/h9,11,16-17,21H,3-8,10,12-14H2,1-2H3/b11-9+/t16-,17?/m0/s1. The molecule has 1 saturated heterocycles. The van der Waals surface area contributed by atoms with Crippen molar-refractivity contribution in [2.45, 2.75) is 77.4 Å². The Morgan fingerprint density at radius 1 is 1.42 bits per heavy atom. The molecule has 6 heteroatoms. The second-order valence-corrected chi connectivity index (χ2v) is 7.06. The quantitative estimate of drug-likeness (QED) is 0.329. The first-order valence-electron chi connectivity index (χ1n) is 9.00. The second kappa shape index (κ2) is 12.4. The van der Waals surface area contributed by atoms with Crippen LogP contribution in [0.25, 0.3) is 0 Å². The van der Waals surface area contributed by atoms with E-state index in [2.05, 4.69) is 6.92 Å². The first-order chi connectivity index (χ1) is 11.5. The zero-order chi connectivity index (χ0) is 17.8. The third-order valence-corrected chi connectivity index (χ3v) is 4.89. The number of unbranched alkanes of at least 4 members (excludes halogenated alkanes) is 3. The maximum Gasteiger partial charge on any atom is 0.314 e. The largest absolute Gasteiger partial charge is 0.392 e. The van der Waals surface area contributed by atoms with Crippen LogP contribution in [0, 0.1) is 0 Å².